The summed E-state index contributed by atoms with van der Waals surface area (Å²) in [5, 5.41) is 4.19. The first-order valence-electron chi connectivity index (χ1n) is 8.41. The topological polar surface area (TPSA) is 97.1 Å². The molecule has 0 bridgehead atoms. The van der Waals surface area contributed by atoms with E-state index >= 15 is 0 Å². The van der Waals surface area contributed by atoms with E-state index in [9.17, 15) is 21.6 Å². The van der Waals surface area contributed by atoms with Crippen LogP contribution in [0.15, 0.2) is 46.1 Å². The molecule has 0 aliphatic heterocycles. The highest BCUT2D eigenvalue weighted by Crippen LogP contribution is 2.28. The van der Waals surface area contributed by atoms with Crippen molar-refractivity contribution in [2.45, 2.75) is 24.4 Å². The predicted molar refractivity (Wildman–Crippen MR) is 106 cm³/mol. The van der Waals surface area contributed by atoms with E-state index in [0.717, 1.165) is 24.3 Å². The molecule has 0 aliphatic rings. The van der Waals surface area contributed by atoms with Gasteiger partial charge in [0.15, 0.2) is 5.82 Å². The van der Waals surface area contributed by atoms with Crippen molar-refractivity contribution in [2.24, 2.45) is 5.73 Å². The number of hydrogen-bond donors (Lipinski definition) is 3. The molecule has 1 atom stereocenters. The lowest BCUT2D eigenvalue weighted by molar-refractivity contribution is 0.567. The molecule has 3 rings (SSSR count). The smallest absolute Gasteiger partial charge is 0.266 e. The van der Waals surface area contributed by atoms with Gasteiger partial charge in [0.05, 0.1) is 5.51 Å². The summed E-state index contributed by atoms with van der Waals surface area (Å²) in [6.45, 7) is 1.73. The zero-order chi connectivity index (χ0) is 21.2. The van der Waals surface area contributed by atoms with Crippen LogP contribution in [0.5, 0.6) is 0 Å². The van der Waals surface area contributed by atoms with Crippen LogP contribution >= 0.6 is 11.3 Å². The number of nitrogens with zero attached hydrogens (tertiary/aromatic N) is 1. The lowest BCUT2D eigenvalue weighted by Crippen LogP contribution is -2.23. The standard InChI is InChI=1S/C18H17F3N4O2S2/c1-2-10-5-16(29(26,27)25-17-8-28-9-23-17)14(21)7-15(10)24-18(22)12-6-11(19)3-4-13(12)20/h3-9,18,24-25H,2,22H2,1H3/t18-/m1/s1. The van der Waals surface area contributed by atoms with Crippen molar-refractivity contribution in [1.82, 2.24) is 4.98 Å². The van der Waals surface area contributed by atoms with Crippen LogP contribution in [0.4, 0.5) is 24.7 Å². The van der Waals surface area contributed by atoms with Gasteiger partial charge in [-0.25, -0.2) is 26.6 Å². The summed E-state index contributed by atoms with van der Waals surface area (Å²) in [5.41, 5.74) is 7.80. The van der Waals surface area contributed by atoms with Gasteiger partial charge in [-0.15, -0.1) is 11.3 Å². The molecule has 154 valence electrons. The molecule has 0 unspecified atom stereocenters. The highest BCUT2D eigenvalue weighted by atomic mass is 32.2. The van der Waals surface area contributed by atoms with Crippen molar-refractivity contribution >= 4 is 32.9 Å². The van der Waals surface area contributed by atoms with Gasteiger partial charge in [-0.05, 0) is 42.3 Å². The second-order valence-corrected chi connectivity index (χ2v) is 8.43. The molecule has 29 heavy (non-hydrogen) atoms. The Bertz CT molecular complexity index is 1120. The van der Waals surface area contributed by atoms with Crippen molar-refractivity contribution in [2.75, 3.05) is 10.0 Å². The number of halogens is 3. The van der Waals surface area contributed by atoms with Crippen LogP contribution in [0.3, 0.4) is 0 Å². The number of hydrogen-bond acceptors (Lipinski definition) is 6. The Kier molecular flexibility index (Phi) is 6.10. The number of anilines is 2. The van der Waals surface area contributed by atoms with Gasteiger partial charge in [0.2, 0.25) is 0 Å². The predicted octanol–water partition coefficient (Wildman–Crippen LogP) is 3.99. The first-order chi connectivity index (χ1) is 13.7. The van der Waals surface area contributed by atoms with E-state index in [2.05, 4.69) is 15.0 Å². The Hall–Kier alpha value is -2.63. The molecule has 0 radical (unpaired) electrons. The highest BCUT2D eigenvalue weighted by Gasteiger charge is 2.23. The van der Waals surface area contributed by atoms with Gasteiger partial charge < -0.3 is 11.1 Å². The number of rotatable bonds is 7. The molecule has 0 aliphatic carbocycles. The molecule has 0 spiro atoms. The monoisotopic (exact) mass is 442 g/mol. The normalized spacial score (nSPS) is 12.6. The quantitative estimate of drug-likeness (QED) is 0.481. The Labute approximate surface area is 169 Å². The highest BCUT2D eigenvalue weighted by molar-refractivity contribution is 7.92. The van der Waals surface area contributed by atoms with Crippen LogP contribution in [0.25, 0.3) is 0 Å². The Balaban J connectivity index is 1.93. The number of sulfonamides is 1. The third-order valence-corrected chi connectivity index (χ3v) is 6.06. The van der Waals surface area contributed by atoms with Crippen molar-refractivity contribution in [3.8, 4) is 0 Å². The first-order valence-corrected chi connectivity index (χ1v) is 10.8. The molecule has 2 aromatic carbocycles. The maximum atomic E-state index is 14.6. The molecule has 6 nitrogen and oxygen atoms in total. The fourth-order valence-corrected chi connectivity index (χ4v) is 4.35. The van der Waals surface area contributed by atoms with Gasteiger partial charge in [0.1, 0.15) is 28.5 Å². The molecule has 0 saturated carbocycles. The average Bonchev–Trinajstić information content (AvgIpc) is 3.15. The molecule has 0 amide bonds. The van der Waals surface area contributed by atoms with E-state index in [4.69, 9.17) is 5.73 Å². The van der Waals surface area contributed by atoms with Crippen LogP contribution in [-0.4, -0.2) is 13.4 Å². The summed E-state index contributed by atoms with van der Waals surface area (Å²) in [4.78, 5) is 3.26. The molecule has 1 aromatic heterocycles. The SMILES string of the molecule is CCc1cc(S(=O)(=O)Nc2cscn2)c(F)cc1N[C@@H](N)c1cc(F)ccc1F. The molecule has 4 N–H and O–H groups in total. The third kappa shape index (κ3) is 4.69. The second kappa shape index (κ2) is 8.39. The van der Waals surface area contributed by atoms with E-state index in [1.54, 1.807) is 6.92 Å². The van der Waals surface area contributed by atoms with Crippen molar-refractivity contribution in [1.29, 1.82) is 0 Å². The van der Waals surface area contributed by atoms with Crippen LogP contribution in [-0.2, 0) is 16.4 Å². The summed E-state index contributed by atoms with van der Waals surface area (Å²) < 4.78 is 69.2. The van der Waals surface area contributed by atoms with Gasteiger partial charge in [-0.2, -0.15) is 0 Å². The molecular formula is C18H17F3N4O2S2. The summed E-state index contributed by atoms with van der Waals surface area (Å²) in [5.74, 6) is -2.34. The summed E-state index contributed by atoms with van der Waals surface area (Å²) >= 11 is 1.18. The van der Waals surface area contributed by atoms with E-state index in [1.165, 1.54) is 28.3 Å². The Morgan fingerprint density at radius 3 is 2.59 bits per heavy atom. The van der Waals surface area contributed by atoms with Crippen molar-refractivity contribution in [3.63, 3.8) is 0 Å². The summed E-state index contributed by atoms with van der Waals surface area (Å²) in [6, 6.07) is 4.96. The number of thiazole rings is 1. The van der Waals surface area contributed by atoms with Gasteiger partial charge in [0.25, 0.3) is 10.0 Å². The number of nitrogens with one attached hydrogen (secondary N) is 2. The molecule has 1 heterocycles. The maximum absolute atomic E-state index is 14.6. The Morgan fingerprint density at radius 2 is 1.93 bits per heavy atom. The molecule has 11 heteroatoms. The number of aromatic nitrogens is 1. The third-order valence-electron chi connectivity index (χ3n) is 4.10. The van der Waals surface area contributed by atoms with E-state index in [1.807, 2.05) is 0 Å². The maximum Gasteiger partial charge on any atom is 0.266 e. The van der Waals surface area contributed by atoms with Gasteiger partial charge in [-0.3, -0.25) is 4.72 Å². The minimum Gasteiger partial charge on any atom is -0.366 e. The lowest BCUT2D eigenvalue weighted by atomic mass is 10.1. The lowest BCUT2D eigenvalue weighted by Gasteiger charge is -2.20. The molecule has 3 aromatic rings. The largest absolute Gasteiger partial charge is 0.366 e. The fourth-order valence-electron chi connectivity index (χ4n) is 2.68. The van der Waals surface area contributed by atoms with Crippen LogP contribution < -0.4 is 15.8 Å². The molecular weight excluding hydrogens is 425 g/mol. The summed E-state index contributed by atoms with van der Waals surface area (Å²) in [7, 11) is -4.21. The van der Waals surface area contributed by atoms with E-state index in [0.29, 0.717) is 12.0 Å². The van der Waals surface area contributed by atoms with Crippen molar-refractivity contribution in [3.05, 3.63) is 69.8 Å². The van der Waals surface area contributed by atoms with Gasteiger partial charge >= 0.3 is 0 Å². The zero-order valence-corrected chi connectivity index (χ0v) is 16.8. The van der Waals surface area contributed by atoms with E-state index in [-0.39, 0.29) is 17.1 Å². The van der Waals surface area contributed by atoms with Gasteiger partial charge in [0, 0.05) is 16.6 Å². The number of nitrogens with two attached hydrogens (primary N) is 1. The second-order valence-electron chi connectivity index (χ2n) is 6.06. The minimum atomic E-state index is -4.21. The average molecular weight is 442 g/mol. The summed E-state index contributed by atoms with van der Waals surface area (Å²) in [6.07, 6.45) is -0.841. The number of aryl methyl sites for hydroxylation is 1. The number of benzene rings is 2. The van der Waals surface area contributed by atoms with Crippen LogP contribution in [0, 0.1) is 17.5 Å². The first kappa shape index (κ1) is 21.1. The molecule has 0 saturated heterocycles. The van der Waals surface area contributed by atoms with E-state index < -0.39 is 38.5 Å². The van der Waals surface area contributed by atoms with Crippen LogP contribution in [0.2, 0.25) is 0 Å². The zero-order valence-electron chi connectivity index (χ0n) is 15.1. The molecule has 0 fully saturated rings. The van der Waals surface area contributed by atoms with Crippen molar-refractivity contribution < 1.29 is 21.6 Å². The minimum absolute atomic E-state index is 0.0817. The van der Waals surface area contributed by atoms with Gasteiger partial charge in [-0.1, -0.05) is 6.92 Å². The van der Waals surface area contributed by atoms with Crippen LogP contribution in [0.1, 0.15) is 24.2 Å². The Morgan fingerprint density at radius 1 is 1.17 bits per heavy atom. The fraction of sp³-hybridized carbons (Fsp3) is 0.167.